The van der Waals surface area contributed by atoms with Crippen molar-refractivity contribution in [3.8, 4) is 0 Å². The molecule has 0 nitrogen and oxygen atoms in total. The zero-order valence-corrected chi connectivity index (χ0v) is 8.41. The maximum absolute atomic E-state index is 9.50. The number of alkyl halides is 1. The van der Waals surface area contributed by atoms with Crippen LogP contribution < -0.4 is 0 Å². The van der Waals surface area contributed by atoms with Crippen molar-refractivity contribution in [3.63, 3.8) is 0 Å². The number of benzene rings is 1. The summed E-state index contributed by atoms with van der Waals surface area (Å²) in [7, 11) is 3.21. The van der Waals surface area contributed by atoms with Crippen LogP contribution in [0.2, 0.25) is 0 Å². The summed E-state index contributed by atoms with van der Waals surface area (Å²) in [6.07, 6.45) is 2.89. The second-order valence-electron chi connectivity index (χ2n) is 2.11. The van der Waals surface area contributed by atoms with Gasteiger partial charge in [-0.3, -0.25) is 4.39 Å². The molecule has 0 aliphatic heterocycles. The molecule has 0 fully saturated rings. The Morgan fingerprint density at radius 3 is 2.42 bits per heavy atom. The maximum atomic E-state index is 9.50. The lowest BCUT2D eigenvalue weighted by atomic mass is 10.1. The molecule has 0 amide bonds. The molecule has 0 aliphatic carbocycles. The van der Waals surface area contributed by atoms with Gasteiger partial charge in [0.25, 0.3) is 0 Å². The van der Waals surface area contributed by atoms with Crippen LogP contribution in [0, 0.1) is 0 Å². The Morgan fingerprint density at radius 1 is 1.42 bits per heavy atom. The van der Waals surface area contributed by atoms with Gasteiger partial charge in [0.05, 0.1) is 7.18 Å². The van der Waals surface area contributed by atoms with Gasteiger partial charge in [-0.25, -0.2) is 0 Å². The van der Waals surface area contributed by atoms with Gasteiger partial charge in [-0.2, -0.15) is 0 Å². The largest absolute Gasteiger partial charge is 0.255 e. The van der Waals surface area contributed by atoms with Crippen LogP contribution in [0.5, 0.6) is 0 Å². The van der Waals surface area contributed by atoms with E-state index >= 15 is 0 Å². The zero-order valence-electron chi connectivity index (χ0n) is 7.26. The maximum Gasteiger partial charge on any atom is 0.0785 e. The molecule has 0 N–H and O–H groups in total. The molecular weight excluding hydrogens is 170 g/mol. The smallest absolute Gasteiger partial charge is 0.0785 e. The average molecular weight is 184 g/mol. The number of rotatable bonds is 2. The lowest BCUT2D eigenvalue weighted by Crippen LogP contribution is -1.80. The first-order valence-electron chi connectivity index (χ1n) is 3.66. The number of halogens is 1. The Hall–Kier alpha value is -0.680. The Morgan fingerprint density at radius 2 is 2.00 bits per heavy atom. The van der Waals surface area contributed by atoms with E-state index in [4.69, 9.17) is 0 Å². The quantitative estimate of drug-likeness (QED) is 0.618. The monoisotopic (exact) mass is 184 g/mol. The molecule has 0 saturated carbocycles. The van der Waals surface area contributed by atoms with Gasteiger partial charge >= 0.3 is 0 Å². The molecular formula is C10H14FP. The van der Waals surface area contributed by atoms with E-state index in [0.29, 0.717) is 7.18 Å². The Balaban J connectivity index is 0.000000561. The van der Waals surface area contributed by atoms with Crippen molar-refractivity contribution in [3.05, 3.63) is 42.0 Å². The lowest BCUT2D eigenvalue weighted by molar-refractivity contribution is 0.636. The first kappa shape index (κ1) is 11.3. The summed E-state index contributed by atoms with van der Waals surface area (Å²) in [5.41, 5.74) is 2.57. The van der Waals surface area contributed by atoms with E-state index in [1.165, 1.54) is 11.1 Å². The highest BCUT2D eigenvalue weighted by molar-refractivity contribution is 7.15. The van der Waals surface area contributed by atoms with Crippen molar-refractivity contribution in [1.82, 2.24) is 0 Å². The Bertz CT molecular complexity index is 233. The molecule has 1 aromatic carbocycles. The second-order valence-corrected chi connectivity index (χ2v) is 2.52. The molecule has 0 aromatic heterocycles. The third kappa shape index (κ3) is 3.15. The van der Waals surface area contributed by atoms with Crippen LogP contribution in [0.25, 0.3) is 6.08 Å². The highest BCUT2D eigenvalue weighted by Crippen LogP contribution is 2.12. The SMILES string of the molecule is C=Cc1ccccc1CP.CF. The summed E-state index contributed by atoms with van der Waals surface area (Å²) in [4.78, 5) is 0. The molecule has 12 heavy (non-hydrogen) atoms. The molecule has 1 rings (SSSR count). The first-order chi connectivity index (χ1) is 5.88. The summed E-state index contributed by atoms with van der Waals surface area (Å²) in [6.45, 7) is 3.73. The molecule has 0 heterocycles. The van der Waals surface area contributed by atoms with Gasteiger partial charge in [0.1, 0.15) is 0 Å². The van der Waals surface area contributed by atoms with Gasteiger partial charge in [0, 0.05) is 0 Å². The fraction of sp³-hybridized carbons (Fsp3) is 0.200. The molecule has 0 aliphatic rings. The van der Waals surface area contributed by atoms with Gasteiger partial charge in [-0.15, -0.1) is 9.24 Å². The lowest BCUT2D eigenvalue weighted by Gasteiger charge is -1.99. The van der Waals surface area contributed by atoms with Crippen molar-refractivity contribution >= 4 is 15.3 Å². The van der Waals surface area contributed by atoms with Crippen LogP contribution >= 0.6 is 9.24 Å². The van der Waals surface area contributed by atoms with E-state index in [9.17, 15) is 4.39 Å². The van der Waals surface area contributed by atoms with Gasteiger partial charge in [0.2, 0.25) is 0 Å². The van der Waals surface area contributed by atoms with Crippen molar-refractivity contribution in [2.45, 2.75) is 6.16 Å². The van der Waals surface area contributed by atoms with Crippen LogP contribution in [0.4, 0.5) is 4.39 Å². The highest BCUT2D eigenvalue weighted by atomic mass is 31.0. The molecule has 0 bridgehead atoms. The van der Waals surface area contributed by atoms with Crippen LogP contribution in [0.15, 0.2) is 30.8 Å². The van der Waals surface area contributed by atoms with Gasteiger partial charge in [-0.1, -0.05) is 36.9 Å². The van der Waals surface area contributed by atoms with E-state index in [1.54, 1.807) is 0 Å². The third-order valence-electron chi connectivity index (χ3n) is 1.49. The van der Waals surface area contributed by atoms with Gasteiger partial charge in [-0.05, 0) is 17.3 Å². The fourth-order valence-electron chi connectivity index (χ4n) is 0.919. The molecule has 0 spiro atoms. The van der Waals surface area contributed by atoms with Crippen molar-refractivity contribution in [2.24, 2.45) is 0 Å². The minimum Gasteiger partial charge on any atom is -0.255 e. The fourth-order valence-corrected chi connectivity index (χ4v) is 1.29. The Labute approximate surface area is 75.7 Å². The van der Waals surface area contributed by atoms with Gasteiger partial charge in [0.15, 0.2) is 0 Å². The normalized spacial score (nSPS) is 8.25. The summed E-state index contributed by atoms with van der Waals surface area (Å²) in [6, 6.07) is 8.27. The second kappa shape index (κ2) is 7.00. The van der Waals surface area contributed by atoms with E-state index in [2.05, 4.69) is 28.0 Å². The molecule has 0 saturated heterocycles. The molecule has 1 atom stereocenters. The van der Waals surface area contributed by atoms with E-state index in [0.717, 1.165) is 6.16 Å². The van der Waals surface area contributed by atoms with Crippen molar-refractivity contribution in [2.75, 3.05) is 7.18 Å². The minimum atomic E-state index is 0.500. The van der Waals surface area contributed by atoms with E-state index in [-0.39, 0.29) is 0 Å². The van der Waals surface area contributed by atoms with Crippen molar-refractivity contribution in [1.29, 1.82) is 0 Å². The van der Waals surface area contributed by atoms with E-state index in [1.807, 2.05) is 18.2 Å². The summed E-state index contributed by atoms with van der Waals surface area (Å²) >= 11 is 0. The zero-order chi connectivity index (χ0) is 9.40. The molecule has 66 valence electrons. The number of hydrogen-bond donors (Lipinski definition) is 0. The Kier molecular flexibility index (Phi) is 6.60. The third-order valence-corrected chi connectivity index (χ3v) is 1.93. The van der Waals surface area contributed by atoms with Crippen LogP contribution in [0.3, 0.4) is 0 Å². The summed E-state index contributed by atoms with van der Waals surface area (Å²) in [5, 5.41) is 0. The minimum absolute atomic E-state index is 0.500. The summed E-state index contributed by atoms with van der Waals surface area (Å²) in [5.74, 6) is 0. The van der Waals surface area contributed by atoms with Crippen molar-refractivity contribution < 1.29 is 4.39 Å². The predicted molar refractivity (Wildman–Crippen MR) is 57.0 cm³/mol. The molecule has 2 heteroatoms. The molecule has 1 unspecified atom stereocenters. The highest BCUT2D eigenvalue weighted by Gasteiger charge is 1.91. The van der Waals surface area contributed by atoms with Crippen LogP contribution in [0.1, 0.15) is 11.1 Å². The van der Waals surface area contributed by atoms with Crippen LogP contribution in [-0.4, -0.2) is 7.18 Å². The van der Waals surface area contributed by atoms with Crippen LogP contribution in [-0.2, 0) is 6.16 Å². The first-order valence-corrected chi connectivity index (χ1v) is 4.48. The standard InChI is InChI=1S/C9H11P.CH3F/c1-2-8-5-3-4-6-9(8)7-10;1-2/h2-6H,1,7,10H2;1H3. The molecule has 0 radical (unpaired) electrons. The predicted octanol–water partition coefficient (Wildman–Crippen LogP) is 3.29. The van der Waals surface area contributed by atoms with Gasteiger partial charge < -0.3 is 0 Å². The average Bonchev–Trinajstić information content (AvgIpc) is 2.20. The molecule has 1 aromatic rings. The summed E-state index contributed by atoms with van der Waals surface area (Å²) < 4.78 is 9.50. The van der Waals surface area contributed by atoms with E-state index < -0.39 is 0 Å². The topological polar surface area (TPSA) is 0 Å². The number of hydrogen-bond acceptors (Lipinski definition) is 0.